The maximum atomic E-state index is 13.8. The Kier molecular flexibility index (Phi) is 10.6. The Morgan fingerprint density at radius 2 is 1.72 bits per heavy atom. The monoisotopic (exact) mass is 557 g/mol. The van der Waals surface area contributed by atoms with E-state index in [4.69, 9.17) is 4.42 Å². The Morgan fingerprint density at radius 3 is 2.41 bits per heavy atom. The number of carbonyl (C=O) groups excluding carboxylic acids is 1. The highest BCUT2D eigenvalue weighted by molar-refractivity contribution is 5.97. The number of benzene rings is 3. The number of fused-ring (bicyclic) bond motifs is 1. The second kappa shape index (κ2) is 13.6. The van der Waals surface area contributed by atoms with Crippen LogP contribution in [0.5, 0.6) is 0 Å². The number of nitrogens with zero attached hydrogens (tertiary/aromatic N) is 1. The first-order chi connectivity index (χ1) is 18.2. The van der Waals surface area contributed by atoms with Crippen molar-refractivity contribution in [2.75, 3.05) is 6.54 Å². The molecular formula is C30H34ClF2N3O3. The number of aromatic nitrogens is 1. The highest BCUT2D eigenvalue weighted by atomic mass is 35.5. The van der Waals surface area contributed by atoms with Crippen molar-refractivity contribution in [2.24, 2.45) is 0 Å². The van der Waals surface area contributed by atoms with Crippen molar-refractivity contribution in [3.8, 4) is 0 Å². The Labute approximate surface area is 233 Å². The normalized spacial score (nSPS) is 12.8. The summed E-state index contributed by atoms with van der Waals surface area (Å²) < 4.78 is 33.4. The van der Waals surface area contributed by atoms with Crippen molar-refractivity contribution in [1.29, 1.82) is 0 Å². The number of halogens is 3. The molecule has 4 rings (SSSR count). The first-order valence-corrected chi connectivity index (χ1v) is 12.8. The predicted octanol–water partition coefficient (Wildman–Crippen LogP) is 5.71. The third-order valence-corrected chi connectivity index (χ3v) is 6.40. The summed E-state index contributed by atoms with van der Waals surface area (Å²) in [6.45, 7) is 6.71. The summed E-state index contributed by atoms with van der Waals surface area (Å²) in [4.78, 5) is 17.6. The maximum absolute atomic E-state index is 13.8. The van der Waals surface area contributed by atoms with Crippen LogP contribution in [0, 0.1) is 11.6 Å². The summed E-state index contributed by atoms with van der Waals surface area (Å²) in [5.41, 5.74) is 4.10. The lowest BCUT2D eigenvalue weighted by molar-refractivity contribution is 0.0830. The molecule has 0 saturated carbocycles. The van der Waals surface area contributed by atoms with Crippen molar-refractivity contribution in [3.05, 3.63) is 100 Å². The number of carbonyl (C=O) groups is 1. The van der Waals surface area contributed by atoms with Gasteiger partial charge in [0.05, 0.1) is 12.1 Å². The molecule has 0 aliphatic rings. The second-order valence-corrected chi connectivity index (χ2v) is 9.82. The summed E-state index contributed by atoms with van der Waals surface area (Å²) >= 11 is 0. The Balaban J connectivity index is 0.00000420. The molecule has 0 fully saturated rings. The van der Waals surface area contributed by atoms with Crippen LogP contribution in [0.1, 0.15) is 59.6 Å². The third kappa shape index (κ3) is 8.08. The molecule has 0 saturated heterocycles. The van der Waals surface area contributed by atoms with Gasteiger partial charge in [0.2, 0.25) is 0 Å². The van der Waals surface area contributed by atoms with E-state index in [1.54, 1.807) is 18.2 Å². The van der Waals surface area contributed by atoms with Gasteiger partial charge in [-0.05, 0) is 59.9 Å². The van der Waals surface area contributed by atoms with Gasteiger partial charge in [0.1, 0.15) is 17.2 Å². The molecule has 208 valence electrons. The van der Waals surface area contributed by atoms with Gasteiger partial charge in [0, 0.05) is 30.6 Å². The molecule has 3 N–H and O–H groups in total. The van der Waals surface area contributed by atoms with Gasteiger partial charge in [-0.1, -0.05) is 45.0 Å². The average molecular weight is 558 g/mol. The molecule has 0 unspecified atom stereocenters. The third-order valence-electron chi connectivity index (χ3n) is 6.40. The van der Waals surface area contributed by atoms with Crippen LogP contribution < -0.4 is 10.6 Å². The summed E-state index contributed by atoms with van der Waals surface area (Å²) in [6.07, 6.45) is -0.0608. The molecule has 0 aliphatic carbocycles. The van der Waals surface area contributed by atoms with Crippen molar-refractivity contribution >= 4 is 29.4 Å². The molecule has 9 heteroatoms. The number of aliphatic hydroxyl groups excluding tert-OH is 1. The number of rotatable bonds is 11. The molecule has 6 nitrogen and oxygen atoms in total. The fourth-order valence-electron chi connectivity index (χ4n) is 4.32. The number of amides is 1. The van der Waals surface area contributed by atoms with E-state index in [-0.39, 0.29) is 31.3 Å². The summed E-state index contributed by atoms with van der Waals surface area (Å²) in [7, 11) is 0. The van der Waals surface area contributed by atoms with E-state index in [0.717, 1.165) is 18.1 Å². The minimum absolute atomic E-state index is 0. The molecule has 39 heavy (non-hydrogen) atoms. The Morgan fingerprint density at radius 1 is 1.00 bits per heavy atom. The predicted molar refractivity (Wildman–Crippen MR) is 150 cm³/mol. The molecular weight excluding hydrogens is 524 g/mol. The first kappa shape index (κ1) is 30.2. The van der Waals surface area contributed by atoms with Gasteiger partial charge in [0.15, 0.2) is 11.5 Å². The van der Waals surface area contributed by atoms with E-state index in [9.17, 15) is 18.7 Å². The minimum atomic E-state index is -1.03. The zero-order valence-electron chi connectivity index (χ0n) is 22.2. The number of aliphatic hydroxyl groups is 1. The van der Waals surface area contributed by atoms with E-state index in [1.165, 1.54) is 17.7 Å². The Bertz CT molecular complexity index is 1390. The highest BCUT2D eigenvalue weighted by Gasteiger charge is 2.23. The van der Waals surface area contributed by atoms with Crippen LogP contribution in [0.2, 0.25) is 0 Å². The summed E-state index contributed by atoms with van der Waals surface area (Å²) in [5.74, 6) is -1.19. The first-order valence-electron chi connectivity index (χ1n) is 12.8. The van der Waals surface area contributed by atoms with Crippen molar-refractivity contribution in [2.45, 2.75) is 58.2 Å². The number of nitrogens with one attached hydrogen (secondary N) is 2. The summed E-state index contributed by atoms with van der Waals surface area (Å²) in [5, 5.41) is 17.1. The van der Waals surface area contributed by atoms with Gasteiger partial charge < -0.3 is 20.2 Å². The average Bonchev–Trinajstić information content (AvgIpc) is 3.32. The maximum Gasteiger partial charge on any atom is 0.251 e. The topological polar surface area (TPSA) is 87.4 Å². The van der Waals surface area contributed by atoms with E-state index in [2.05, 4.69) is 34.7 Å². The van der Waals surface area contributed by atoms with Crippen LogP contribution in [0.4, 0.5) is 8.78 Å². The molecule has 2 atom stereocenters. The smallest absolute Gasteiger partial charge is 0.251 e. The zero-order valence-corrected chi connectivity index (χ0v) is 23.0. The quantitative estimate of drug-likeness (QED) is 0.220. The van der Waals surface area contributed by atoms with E-state index in [1.807, 2.05) is 26.0 Å². The lowest BCUT2D eigenvalue weighted by atomic mass is 10.00. The largest absolute Gasteiger partial charge is 0.440 e. The zero-order chi connectivity index (χ0) is 27.2. The lowest BCUT2D eigenvalue weighted by Crippen LogP contribution is -2.48. The van der Waals surface area contributed by atoms with Gasteiger partial charge in [-0.3, -0.25) is 4.79 Å². The van der Waals surface area contributed by atoms with E-state index >= 15 is 0 Å². The van der Waals surface area contributed by atoms with Crippen LogP contribution in [0.3, 0.4) is 0 Å². The fraction of sp³-hybridized carbons (Fsp3) is 0.333. The van der Waals surface area contributed by atoms with Crippen LogP contribution in [-0.2, 0) is 19.4 Å². The molecule has 0 aliphatic heterocycles. The molecule has 0 radical (unpaired) electrons. The van der Waals surface area contributed by atoms with Gasteiger partial charge in [-0.15, -0.1) is 12.4 Å². The van der Waals surface area contributed by atoms with Gasteiger partial charge >= 0.3 is 0 Å². The Hall–Kier alpha value is -3.33. The minimum Gasteiger partial charge on any atom is -0.440 e. The number of oxazole rings is 1. The van der Waals surface area contributed by atoms with E-state index in [0.29, 0.717) is 34.7 Å². The molecule has 1 aromatic heterocycles. The van der Waals surface area contributed by atoms with Crippen LogP contribution >= 0.6 is 12.4 Å². The lowest BCUT2D eigenvalue weighted by Gasteiger charge is -2.25. The molecule has 3 aromatic carbocycles. The number of hydrogen-bond donors (Lipinski definition) is 3. The molecule has 4 aromatic rings. The molecule has 1 amide bonds. The van der Waals surface area contributed by atoms with Crippen molar-refractivity contribution < 1.29 is 23.1 Å². The second-order valence-electron chi connectivity index (χ2n) is 9.82. The van der Waals surface area contributed by atoms with Gasteiger partial charge in [-0.2, -0.15) is 0 Å². The molecule has 0 spiro atoms. The van der Waals surface area contributed by atoms with E-state index < -0.39 is 29.7 Å². The number of aryl methyl sites for hydroxylation is 1. The van der Waals surface area contributed by atoms with Crippen molar-refractivity contribution in [1.82, 2.24) is 15.6 Å². The SMILES string of the molecule is CCc1cccc(CNC[C@H](O)[C@H](Cc2cc(F)cc(F)c2)NC(=O)c2ccc3oc(C(C)C)nc3c2)c1.Cl. The van der Waals surface area contributed by atoms with Crippen LogP contribution in [0.25, 0.3) is 11.1 Å². The van der Waals surface area contributed by atoms with Crippen molar-refractivity contribution in [3.63, 3.8) is 0 Å². The highest BCUT2D eigenvalue weighted by Crippen LogP contribution is 2.22. The van der Waals surface area contributed by atoms with Gasteiger partial charge in [-0.25, -0.2) is 13.8 Å². The summed E-state index contributed by atoms with van der Waals surface area (Å²) in [6, 6.07) is 15.5. The van der Waals surface area contributed by atoms with Crippen LogP contribution in [0.15, 0.2) is 65.1 Å². The molecule has 1 heterocycles. The number of hydrogen-bond acceptors (Lipinski definition) is 5. The fourth-order valence-corrected chi connectivity index (χ4v) is 4.32. The van der Waals surface area contributed by atoms with Crippen LogP contribution in [-0.4, -0.2) is 34.7 Å². The van der Waals surface area contributed by atoms with Gasteiger partial charge in [0.25, 0.3) is 5.91 Å². The molecule has 0 bridgehead atoms. The standard InChI is InChI=1S/C30H33F2N3O3.ClH/c1-4-19-6-5-7-20(10-19)16-33-17-27(36)25(13-21-11-23(31)15-24(32)12-21)34-29(37)22-8-9-28-26(14-22)35-30(38-28)18(2)3;/h5-12,14-15,18,25,27,33,36H,4,13,16-17H2,1-3H3,(H,34,37);1H/t25-,27-;/m0./s1.